The topological polar surface area (TPSA) is 121 Å². The molecule has 10 heteroatoms. The lowest BCUT2D eigenvalue weighted by molar-refractivity contribution is -0.123. The number of benzene rings is 2. The molecule has 5 N–H and O–H groups in total. The zero-order valence-electron chi connectivity index (χ0n) is 14.4. The van der Waals surface area contributed by atoms with Gasteiger partial charge in [0.1, 0.15) is 6.04 Å². The number of nitrogens with one attached hydrogen (secondary N) is 3. The lowest BCUT2D eigenvalue weighted by Gasteiger charge is -2.09. The molecule has 1 heterocycles. The average molecular weight is 419 g/mol. The molecule has 0 saturated heterocycles. The molecule has 1 atom stereocenters. The predicted octanol–water partition coefficient (Wildman–Crippen LogP) is 2.60. The van der Waals surface area contributed by atoms with Gasteiger partial charge in [-0.25, -0.2) is 4.99 Å². The van der Waals surface area contributed by atoms with Crippen LogP contribution in [0.3, 0.4) is 0 Å². The largest absolute Gasteiger partial charge is 0.369 e. The van der Waals surface area contributed by atoms with Crippen LogP contribution in [0.5, 0.6) is 0 Å². The zero-order valence-corrected chi connectivity index (χ0v) is 16.0. The van der Waals surface area contributed by atoms with E-state index < -0.39 is 17.9 Å². The van der Waals surface area contributed by atoms with E-state index in [1.165, 1.54) is 0 Å². The first-order valence-corrected chi connectivity index (χ1v) is 8.97. The molecule has 3 rings (SSSR count). The summed E-state index contributed by atoms with van der Waals surface area (Å²) in [5, 5.41) is 8.51. The SMILES string of the molecule is N/C(=N\C1=NC(CC(=O)Nc2cccc(Cl)c2Cl)C(=O)N1)Nc1ccccc1. The number of guanidine groups is 2. The van der Waals surface area contributed by atoms with Crippen LogP contribution in [0.2, 0.25) is 10.0 Å². The number of halogens is 2. The van der Waals surface area contributed by atoms with Gasteiger partial charge in [0.2, 0.25) is 17.8 Å². The van der Waals surface area contributed by atoms with E-state index in [2.05, 4.69) is 25.9 Å². The molecule has 0 radical (unpaired) electrons. The van der Waals surface area contributed by atoms with Crippen LogP contribution in [0.25, 0.3) is 0 Å². The second-order valence-corrected chi connectivity index (χ2v) is 6.58. The minimum absolute atomic E-state index is 0.0320. The van der Waals surface area contributed by atoms with E-state index >= 15 is 0 Å². The van der Waals surface area contributed by atoms with Crippen molar-refractivity contribution in [2.45, 2.75) is 12.5 Å². The molecule has 0 bridgehead atoms. The van der Waals surface area contributed by atoms with Crippen molar-refractivity contribution in [1.29, 1.82) is 0 Å². The molecular weight excluding hydrogens is 403 g/mol. The Morgan fingerprint density at radius 2 is 1.89 bits per heavy atom. The second kappa shape index (κ2) is 8.73. The Hall–Kier alpha value is -3.10. The van der Waals surface area contributed by atoms with Crippen molar-refractivity contribution >= 4 is 58.3 Å². The van der Waals surface area contributed by atoms with Gasteiger partial charge in [-0.15, -0.1) is 0 Å². The van der Waals surface area contributed by atoms with E-state index in [0.29, 0.717) is 10.7 Å². The molecule has 8 nitrogen and oxygen atoms in total. The van der Waals surface area contributed by atoms with Gasteiger partial charge in [-0.1, -0.05) is 47.5 Å². The first-order chi connectivity index (χ1) is 13.4. The fourth-order valence-electron chi connectivity index (χ4n) is 2.42. The number of hydrogen-bond acceptors (Lipinski definition) is 4. The van der Waals surface area contributed by atoms with Gasteiger partial charge in [0, 0.05) is 5.69 Å². The Kier molecular flexibility index (Phi) is 6.13. The molecule has 28 heavy (non-hydrogen) atoms. The summed E-state index contributed by atoms with van der Waals surface area (Å²) in [5.74, 6) is -0.794. The molecule has 0 spiro atoms. The van der Waals surface area contributed by atoms with Crippen molar-refractivity contribution in [2.75, 3.05) is 10.6 Å². The van der Waals surface area contributed by atoms with E-state index in [9.17, 15) is 9.59 Å². The predicted molar refractivity (Wildman–Crippen MR) is 111 cm³/mol. The molecule has 144 valence electrons. The van der Waals surface area contributed by atoms with E-state index in [1.807, 2.05) is 30.3 Å². The molecular formula is C18H16Cl2N6O2. The molecule has 0 saturated carbocycles. The van der Waals surface area contributed by atoms with Gasteiger partial charge in [-0.3, -0.25) is 14.9 Å². The van der Waals surface area contributed by atoms with Gasteiger partial charge >= 0.3 is 0 Å². The fourth-order valence-corrected chi connectivity index (χ4v) is 2.76. The lowest BCUT2D eigenvalue weighted by atomic mass is 10.2. The van der Waals surface area contributed by atoms with Crippen LogP contribution in [0.1, 0.15) is 6.42 Å². The number of amides is 2. The molecule has 0 aromatic heterocycles. The number of carbonyl (C=O) groups is 2. The number of nitrogens with zero attached hydrogens (tertiary/aromatic N) is 2. The summed E-state index contributed by atoms with van der Waals surface area (Å²) in [6, 6.07) is 13.1. The van der Waals surface area contributed by atoms with Gasteiger partial charge < -0.3 is 16.4 Å². The third-order valence-electron chi connectivity index (χ3n) is 3.69. The summed E-state index contributed by atoms with van der Waals surface area (Å²) >= 11 is 12.0. The van der Waals surface area contributed by atoms with E-state index in [-0.39, 0.29) is 23.4 Å². The van der Waals surface area contributed by atoms with Crippen molar-refractivity contribution in [3.63, 3.8) is 0 Å². The van der Waals surface area contributed by atoms with Crippen LogP contribution in [0.15, 0.2) is 58.5 Å². The van der Waals surface area contributed by atoms with Gasteiger partial charge in [0.15, 0.2) is 0 Å². The third kappa shape index (κ3) is 4.99. The number of nitrogens with two attached hydrogens (primary N) is 1. The zero-order chi connectivity index (χ0) is 20.1. The normalized spacial score (nSPS) is 16.4. The number of aliphatic imine (C=N–C) groups is 2. The molecule has 1 aliphatic rings. The second-order valence-electron chi connectivity index (χ2n) is 5.80. The third-order valence-corrected chi connectivity index (χ3v) is 4.51. The van der Waals surface area contributed by atoms with Crippen LogP contribution in [0.4, 0.5) is 11.4 Å². The van der Waals surface area contributed by atoms with Crippen LogP contribution in [-0.4, -0.2) is 29.8 Å². The van der Waals surface area contributed by atoms with E-state index in [4.69, 9.17) is 28.9 Å². The number of anilines is 2. The maximum absolute atomic E-state index is 12.2. The monoisotopic (exact) mass is 418 g/mol. The summed E-state index contributed by atoms with van der Waals surface area (Å²) in [7, 11) is 0. The van der Waals surface area contributed by atoms with Crippen molar-refractivity contribution in [2.24, 2.45) is 15.7 Å². The van der Waals surface area contributed by atoms with Crippen molar-refractivity contribution < 1.29 is 9.59 Å². The van der Waals surface area contributed by atoms with Crippen molar-refractivity contribution in [1.82, 2.24) is 5.32 Å². The Labute approximate surface area is 170 Å². The summed E-state index contributed by atoms with van der Waals surface area (Å²) in [6.07, 6.45) is -0.181. The molecule has 0 fully saturated rings. The highest BCUT2D eigenvalue weighted by Gasteiger charge is 2.29. The number of para-hydroxylation sites is 1. The molecule has 1 unspecified atom stereocenters. The Morgan fingerprint density at radius 3 is 2.64 bits per heavy atom. The number of carbonyl (C=O) groups excluding carboxylic acids is 2. The minimum atomic E-state index is -0.916. The number of rotatable bonds is 4. The fraction of sp³-hybridized carbons (Fsp3) is 0.111. The first kappa shape index (κ1) is 19.7. The van der Waals surface area contributed by atoms with Crippen LogP contribution in [0, 0.1) is 0 Å². The van der Waals surface area contributed by atoms with E-state index in [0.717, 1.165) is 5.69 Å². The standard InChI is InChI=1S/C18H16Cl2N6O2/c19-11-7-4-8-12(15(11)20)23-14(27)9-13-16(28)25-18(24-13)26-17(21)22-10-5-2-1-3-6-10/h1-8,13H,9H2,(H,23,27)(H4,21,22,24,25,26,28). The Balaban J connectivity index is 1.62. The van der Waals surface area contributed by atoms with Crippen LogP contribution >= 0.6 is 23.2 Å². The quantitative estimate of drug-likeness (QED) is 0.450. The molecule has 2 amide bonds. The Bertz CT molecular complexity index is 962. The van der Waals surface area contributed by atoms with Gasteiger partial charge in [-0.05, 0) is 24.3 Å². The highest BCUT2D eigenvalue weighted by Crippen LogP contribution is 2.29. The molecule has 0 aliphatic carbocycles. The van der Waals surface area contributed by atoms with Crippen LogP contribution in [-0.2, 0) is 9.59 Å². The maximum Gasteiger partial charge on any atom is 0.252 e. The highest BCUT2D eigenvalue weighted by atomic mass is 35.5. The van der Waals surface area contributed by atoms with Crippen molar-refractivity contribution in [3.05, 3.63) is 58.6 Å². The van der Waals surface area contributed by atoms with Gasteiger partial charge in [-0.2, -0.15) is 4.99 Å². The molecule has 2 aromatic rings. The number of hydrogen-bond donors (Lipinski definition) is 4. The minimum Gasteiger partial charge on any atom is -0.369 e. The van der Waals surface area contributed by atoms with Gasteiger partial charge in [0.25, 0.3) is 5.91 Å². The Morgan fingerprint density at radius 1 is 1.14 bits per heavy atom. The van der Waals surface area contributed by atoms with Gasteiger partial charge in [0.05, 0.1) is 22.2 Å². The summed E-state index contributed by atoms with van der Waals surface area (Å²) in [5.41, 5.74) is 6.91. The summed E-state index contributed by atoms with van der Waals surface area (Å²) < 4.78 is 0. The summed E-state index contributed by atoms with van der Waals surface area (Å²) in [4.78, 5) is 32.4. The highest BCUT2D eigenvalue weighted by molar-refractivity contribution is 6.44. The lowest BCUT2D eigenvalue weighted by Crippen LogP contribution is -2.32. The summed E-state index contributed by atoms with van der Waals surface area (Å²) in [6.45, 7) is 0. The molecule has 1 aliphatic heterocycles. The first-order valence-electron chi connectivity index (χ1n) is 8.21. The molecule has 2 aromatic carbocycles. The van der Waals surface area contributed by atoms with E-state index in [1.54, 1.807) is 18.2 Å². The van der Waals surface area contributed by atoms with Crippen LogP contribution < -0.4 is 21.7 Å². The smallest absolute Gasteiger partial charge is 0.252 e. The maximum atomic E-state index is 12.2. The van der Waals surface area contributed by atoms with Crippen molar-refractivity contribution in [3.8, 4) is 0 Å². The average Bonchev–Trinajstić information content (AvgIpc) is 2.98.